The van der Waals surface area contributed by atoms with Gasteiger partial charge in [0.05, 0.1) is 5.56 Å². The van der Waals surface area contributed by atoms with Crippen molar-refractivity contribution in [3.05, 3.63) is 29.6 Å². The van der Waals surface area contributed by atoms with E-state index in [0.717, 1.165) is 6.54 Å². The molecule has 0 radical (unpaired) electrons. The van der Waals surface area contributed by atoms with Crippen molar-refractivity contribution in [1.29, 1.82) is 0 Å². The fourth-order valence-corrected chi connectivity index (χ4v) is 1.56. The van der Waals surface area contributed by atoms with Crippen molar-refractivity contribution in [3.8, 4) is 0 Å². The summed E-state index contributed by atoms with van der Waals surface area (Å²) >= 11 is 0. The van der Waals surface area contributed by atoms with Gasteiger partial charge in [-0.25, -0.2) is 9.78 Å². The molecular weight excluding hydrogens is 234 g/mol. The van der Waals surface area contributed by atoms with Gasteiger partial charge in [-0.2, -0.15) is 0 Å². The lowest BCUT2D eigenvalue weighted by molar-refractivity contribution is 0.0689. The average Bonchev–Trinajstić information content (AvgIpc) is 2.27. The number of aromatic nitrogens is 1. The van der Waals surface area contributed by atoms with Crippen LogP contribution in [-0.4, -0.2) is 53.5 Å². The summed E-state index contributed by atoms with van der Waals surface area (Å²) in [6.45, 7) is 2.63. The summed E-state index contributed by atoms with van der Waals surface area (Å²) in [6.07, 6.45) is 1.27. The molecule has 6 nitrogen and oxygen atoms in total. The molecule has 1 heterocycles. The predicted octanol–water partition coefficient (Wildman–Crippen LogP) is 0.460. The fourth-order valence-electron chi connectivity index (χ4n) is 1.56. The molecule has 0 bridgehead atoms. The first-order valence-corrected chi connectivity index (χ1v) is 5.55. The van der Waals surface area contributed by atoms with Crippen LogP contribution in [0.5, 0.6) is 0 Å². The van der Waals surface area contributed by atoms with Crippen LogP contribution in [0, 0.1) is 0 Å². The number of nitrogens with zero attached hydrogens (tertiary/aromatic N) is 2. The van der Waals surface area contributed by atoms with Crippen molar-refractivity contribution < 1.29 is 14.7 Å². The summed E-state index contributed by atoms with van der Waals surface area (Å²) in [5.41, 5.74) is 0.276. The number of pyridine rings is 1. The molecule has 0 fully saturated rings. The van der Waals surface area contributed by atoms with E-state index in [0.29, 0.717) is 5.56 Å². The normalized spacial score (nSPS) is 12.2. The Labute approximate surface area is 106 Å². The molecule has 1 aromatic rings. The van der Waals surface area contributed by atoms with Gasteiger partial charge >= 0.3 is 5.97 Å². The number of carbonyl (C=O) groups is 2. The number of hydrogen-bond acceptors (Lipinski definition) is 4. The molecule has 1 unspecified atom stereocenters. The standard InChI is InChI=1S/C12H17N3O3/c1-8(7-15(2)3)14-11(16)9-4-5-10(12(17)18)13-6-9/h4-6,8H,7H2,1-3H3,(H,14,16)(H,17,18). The van der Waals surface area contributed by atoms with E-state index in [-0.39, 0.29) is 17.6 Å². The Bertz CT molecular complexity index is 429. The Balaban J connectivity index is 2.64. The van der Waals surface area contributed by atoms with E-state index < -0.39 is 5.97 Å². The molecule has 0 aliphatic rings. The SMILES string of the molecule is CC(CN(C)C)NC(=O)c1ccc(C(=O)O)nc1. The van der Waals surface area contributed by atoms with E-state index in [1.165, 1.54) is 18.3 Å². The zero-order chi connectivity index (χ0) is 13.7. The lowest BCUT2D eigenvalue weighted by Crippen LogP contribution is -2.39. The second-order valence-electron chi connectivity index (χ2n) is 4.37. The Morgan fingerprint density at radius 1 is 1.44 bits per heavy atom. The maximum atomic E-state index is 11.8. The number of nitrogens with one attached hydrogen (secondary N) is 1. The van der Waals surface area contributed by atoms with Crippen molar-refractivity contribution >= 4 is 11.9 Å². The zero-order valence-corrected chi connectivity index (χ0v) is 10.7. The highest BCUT2D eigenvalue weighted by Crippen LogP contribution is 2.01. The molecule has 18 heavy (non-hydrogen) atoms. The van der Waals surface area contributed by atoms with Crippen LogP contribution in [0.15, 0.2) is 18.3 Å². The number of aromatic carboxylic acids is 1. The minimum absolute atomic E-state index is 0.00616. The van der Waals surface area contributed by atoms with Crippen LogP contribution in [0.3, 0.4) is 0 Å². The lowest BCUT2D eigenvalue weighted by Gasteiger charge is -2.18. The monoisotopic (exact) mass is 251 g/mol. The molecule has 0 saturated carbocycles. The number of carboxylic acid groups (broad SMARTS) is 1. The van der Waals surface area contributed by atoms with E-state index >= 15 is 0 Å². The highest BCUT2D eigenvalue weighted by Gasteiger charge is 2.12. The minimum atomic E-state index is -1.11. The summed E-state index contributed by atoms with van der Waals surface area (Å²) < 4.78 is 0. The van der Waals surface area contributed by atoms with Crippen LogP contribution in [0.25, 0.3) is 0 Å². The Hall–Kier alpha value is -1.95. The molecule has 2 N–H and O–H groups in total. The number of hydrogen-bond donors (Lipinski definition) is 2. The minimum Gasteiger partial charge on any atom is -0.477 e. The second-order valence-corrected chi connectivity index (χ2v) is 4.37. The summed E-state index contributed by atoms with van der Waals surface area (Å²) in [6, 6.07) is 2.77. The number of carboxylic acids is 1. The van der Waals surface area contributed by atoms with Crippen molar-refractivity contribution in [2.45, 2.75) is 13.0 Å². The van der Waals surface area contributed by atoms with Gasteiger partial charge in [-0.1, -0.05) is 0 Å². The first kappa shape index (κ1) is 14.1. The summed E-state index contributed by atoms with van der Waals surface area (Å²) in [7, 11) is 3.84. The van der Waals surface area contributed by atoms with Gasteiger partial charge in [0, 0.05) is 18.8 Å². The van der Waals surface area contributed by atoms with Gasteiger partial charge < -0.3 is 15.3 Å². The van der Waals surface area contributed by atoms with Crippen LogP contribution in [-0.2, 0) is 0 Å². The quantitative estimate of drug-likeness (QED) is 0.794. The first-order valence-electron chi connectivity index (χ1n) is 5.55. The largest absolute Gasteiger partial charge is 0.477 e. The molecule has 1 amide bonds. The van der Waals surface area contributed by atoms with E-state index in [1.54, 1.807) is 0 Å². The lowest BCUT2D eigenvalue weighted by atomic mass is 10.2. The fraction of sp³-hybridized carbons (Fsp3) is 0.417. The molecule has 1 atom stereocenters. The van der Waals surface area contributed by atoms with Gasteiger partial charge in [0.25, 0.3) is 5.91 Å². The average molecular weight is 251 g/mol. The highest BCUT2D eigenvalue weighted by molar-refractivity contribution is 5.95. The Kier molecular flexibility index (Phi) is 4.79. The van der Waals surface area contributed by atoms with Gasteiger partial charge in [0.2, 0.25) is 0 Å². The van der Waals surface area contributed by atoms with Gasteiger partial charge in [0.1, 0.15) is 5.69 Å². The van der Waals surface area contributed by atoms with E-state index in [4.69, 9.17) is 5.11 Å². The molecule has 0 aliphatic heterocycles. The van der Waals surface area contributed by atoms with Crippen LogP contribution >= 0.6 is 0 Å². The van der Waals surface area contributed by atoms with Crippen molar-refractivity contribution in [2.75, 3.05) is 20.6 Å². The molecule has 0 saturated heterocycles. The maximum Gasteiger partial charge on any atom is 0.354 e. The number of rotatable bonds is 5. The van der Waals surface area contributed by atoms with Crippen molar-refractivity contribution in [1.82, 2.24) is 15.2 Å². The molecular formula is C12H17N3O3. The number of carbonyl (C=O) groups excluding carboxylic acids is 1. The third-order valence-electron chi connectivity index (χ3n) is 2.26. The van der Waals surface area contributed by atoms with Crippen molar-refractivity contribution in [2.24, 2.45) is 0 Å². The summed E-state index contributed by atoms with van der Waals surface area (Å²) in [5.74, 6) is -1.36. The van der Waals surface area contributed by atoms with E-state index in [1.807, 2.05) is 25.9 Å². The third kappa shape index (κ3) is 4.14. The summed E-state index contributed by atoms with van der Waals surface area (Å²) in [5, 5.41) is 11.5. The second kappa shape index (κ2) is 6.11. The van der Waals surface area contributed by atoms with Gasteiger partial charge in [0.15, 0.2) is 0 Å². The molecule has 1 rings (SSSR count). The smallest absolute Gasteiger partial charge is 0.354 e. The highest BCUT2D eigenvalue weighted by atomic mass is 16.4. The topological polar surface area (TPSA) is 82.5 Å². The predicted molar refractivity (Wildman–Crippen MR) is 66.7 cm³/mol. The van der Waals surface area contributed by atoms with E-state index in [9.17, 15) is 9.59 Å². The number of likely N-dealkylation sites (N-methyl/N-ethyl adjacent to an activating group) is 1. The zero-order valence-electron chi connectivity index (χ0n) is 10.7. The van der Waals surface area contributed by atoms with Crippen LogP contribution in [0.1, 0.15) is 27.8 Å². The molecule has 0 aliphatic carbocycles. The molecule has 6 heteroatoms. The van der Waals surface area contributed by atoms with Gasteiger partial charge in [-0.15, -0.1) is 0 Å². The van der Waals surface area contributed by atoms with Crippen molar-refractivity contribution in [3.63, 3.8) is 0 Å². The van der Waals surface area contributed by atoms with Crippen LogP contribution < -0.4 is 5.32 Å². The van der Waals surface area contributed by atoms with Crippen LogP contribution in [0.4, 0.5) is 0 Å². The molecule has 0 aromatic carbocycles. The van der Waals surface area contributed by atoms with Gasteiger partial charge in [-0.05, 0) is 33.2 Å². The Morgan fingerprint density at radius 2 is 2.11 bits per heavy atom. The third-order valence-corrected chi connectivity index (χ3v) is 2.26. The summed E-state index contributed by atoms with van der Waals surface area (Å²) in [4.78, 5) is 28.1. The maximum absolute atomic E-state index is 11.8. The Morgan fingerprint density at radius 3 is 2.56 bits per heavy atom. The van der Waals surface area contributed by atoms with E-state index in [2.05, 4.69) is 10.3 Å². The molecule has 98 valence electrons. The van der Waals surface area contributed by atoms with Gasteiger partial charge in [-0.3, -0.25) is 4.79 Å². The number of amides is 1. The molecule has 1 aromatic heterocycles. The molecule has 0 spiro atoms. The first-order chi connectivity index (χ1) is 8.40. The van der Waals surface area contributed by atoms with Crippen LogP contribution in [0.2, 0.25) is 0 Å².